The van der Waals surface area contributed by atoms with Crippen molar-refractivity contribution < 1.29 is 9.53 Å². The molecular weight excluding hydrogens is 334 g/mol. The van der Waals surface area contributed by atoms with Crippen LogP contribution in [0.15, 0.2) is 35.1 Å². The lowest BCUT2D eigenvalue weighted by Crippen LogP contribution is -2.19. The van der Waals surface area contributed by atoms with Gasteiger partial charge in [0.2, 0.25) is 5.91 Å². The van der Waals surface area contributed by atoms with Crippen LogP contribution in [0.4, 0.5) is 0 Å². The van der Waals surface area contributed by atoms with Crippen LogP contribution in [0.25, 0.3) is 16.6 Å². The average Bonchev–Trinajstić information content (AvgIpc) is 3.27. The Hall–Kier alpha value is -3.00. The second-order valence-corrected chi connectivity index (χ2v) is 6.39. The molecule has 3 heterocycles. The van der Waals surface area contributed by atoms with Crippen LogP contribution in [0.3, 0.4) is 0 Å². The Morgan fingerprint density at radius 3 is 2.92 bits per heavy atom. The summed E-state index contributed by atoms with van der Waals surface area (Å²) in [5.74, 6) is 0.416. The number of carbonyl (C=O) groups excluding carboxylic acids is 1. The van der Waals surface area contributed by atoms with E-state index in [1.807, 2.05) is 24.3 Å². The Kier molecular flexibility index (Phi) is 4.04. The van der Waals surface area contributed by atoms with Gasteiger partial charge in [0.15, 0.2) is 11.6 Å². The summed E-state index contributed by atoms with van der Waals surface area (Å²) in [6.07, 6.45) is 1.47. The van der Waals surface area contributed by atoms with Gasteiger partial charge in [-0.3, -0.25) is 9.59 Å². The van der Waals surface area contributed by atoms with E-state index in [2.05, 4.69) is 10.1 Å². The van der Waals surface area contributed by atoms with E-state index >= 15 is 0 Å². The standard InChI is InChI=1S/C18H19N5O3/c1-22-12-6-3-2-5-11(12)13(9-17(22)25)23-18(14-7-4-8-26-14)20-16(21-23)10-15(19)24/h2-3,5-6,9,14H,4,7-8,10H2,1H3,(H2,19,24). The minimum Gasteiger partial charge on any atom is -0.370 e. The Morgan fingerprint density at radius 2 is 2.19 bits per heavy atom. The van der Waals surface area contributed by atoms with Crippen molar-refractivity contribution in [1.29, 1.82) is 0 Å². The average molecular weight is 353 g/mol. The molecule has 1 fully saturated rings. The number of benzene rings is 1. The van der Waals surface area contributed by atoms with Crippen LogP contribution in [0.5, 0.6) is 0 Å². The molecule has 1 amide bonds. The summed E-state index contributed by atoms with van der Waals surface area (Å²) < 4.78 is 8.97. The fraction of sp³-hybridized carbons (Fsp3) is 0.333. The quantitative estimate of drug-likeness (QED) is 0.753. The molecule has 8 heteroatoms. The SMILES string of the molecule is Cn1c(=O)cc(-n2nc(CC(N)=O)nc2C2CCCO2)c2ccccc21. The second-order valence-electron chi connectivity index (χ2n) is 6.39. The van der Waals surface area contributed by atoms with E-state index in [0.717, 1.165) is 23.7 Å². The van der Waals surface area contributed by atoms with Gasteiger partial charge >= 0.3 is 0 Å². The molecule has 2 N–H and O–H groups in total. The summed E-state index contributed by atoms with van der Waals surface area (Å²) in [4.78, 5) is 28.2. The van der Waals surface area contributed by atoms with Crippen molar-refractivity contribution in [2.45, 2.75) is 25.4 Å². The zero-order chi connectivity index (χ0) is 18.3. The fourth-order valence-electron chi connectivity index (χ4n) is 3.33. The highest BCUT2D eigenvalue weighted by Gasteiger charge is 2.26. The monoisotopic (exact) mass is 353 g/mol. The highest BCUT2D eigenvalue weighted by molar-refractivity contribution is 5.87. The van der Waals surface area contributed by atoms with Crippen molar-refractivity contribution >= 4 is 16.8 Å². The van der Waals surface area contributed by atoms with Crippen molar-refractivity contribution in [1.82, 2.24) is 19.3 Å². The molecule has 8 nitrogen and oxygen atoms in total. The van der Waals surface area contributed by atoms with Gasteiger partial charge in [0.25, 0.3) is 5.56 Å². The zero-order valence-corrected chi connectivity index (χ0v) is 14.4. The van der Waals surface area contributed by atoms with E-state index in [1.54, 1.807) is 16.3 Å². The van der Waals surface area contributed by atoms with Crippen molar-refractivity contribution in [2.75, 3.05) is 6.61 Å². The van der Waals surface area contributed by atoms with E-state index < -0.39 is 5.91 Å². The van der Waals surface area contributed by atoms with Gasteiger partial charge in [-0.1, -0.05) is 18.2 Å². The molecular formula is C18H19N5O3. The number of nitrogens with zero attached hydrogens (tertiary/aromatic N) is 4. The Morgan fingerprint density at radius 1 is 1.38 bits per heavy atom. The number of ether oxygens (including phenoxy) is 1. The van der Waals surface area contributed by atoms with E-state index in [-0.39, 0.29) is 18.1 Å². The van der Waals surface area contributed by atoms with E-state index in [4.69, 9.17) is 10.5 Å². The molecule has 1 aliphatic heterocycles. The van der Waals surface area contributed by atoms with Crippen LogP contribution in [0.2, 0.25) is 0 Å². The fourth-order valence-corrected chi connectivity index (χ4v) is 3.33. The molecule has 0 bridgehead atoms. The minimum atomic E-state index is -0.505. The van der Waals surface area contributed by atoms with Crippen LogP contribution in [-0.2, 0) is 23.0 Å². The van der Waals surface area contributed by atoms with Gasteiger partial charge in [0.1, 0.15) is 6.10 Å². The lowest BCUT2D eigenvalue weighted by Gasteiger charge is -2.14. The van der Waals surface area contributed by atoms with Gasteiger partial charge in [-0.05, 0) is 18.9 Å². The Balaban J connectivity index is 1.96. The molecule has 1 atom stereocenters. The molecule has 1 unspecified atom stereocenters. The summed E-state index contributed by atoms with van der Waals surface area (Å²) in [5.41, 5.74) is 6.56. The number of fused-ring (bicyclic) bond motifs is 1. The number of carbonyl (C=O) groups is 1. The number of pyridine rings is 1. The molecule has 2 aromatic heterocycles. The van der Waals surface area contributed by atoms with Crippen molar-refractivity contribution in [3.8, 4) is 5.69 Å². The summed E-state index contributed by atoms with van der Waals surface area (Å²) in [6.45, 7) is 0.653. The number of hydrogen-bond donors (Lipinski definition) is 1. The maximum absolute atomic E-state index is 12.4. The molecule has 0 aliphatic carbocycles. The number of hydrogen-bond acceptors (Lipinski definition) is 5. The van der Waals surface area contributed by atoms with Gasteiger partial charge in [-0.15, -0.1) is 0 Å². The summed E-state index contributed by atoms with van der Waals surface area (Å²) >= 11 is 0. The largest absolute Gasteiger partial charge is 0.370 e. The van der Waals surface area contributed by atoms with Gasteiger partial charge in [0.05, 0.1) is 17.6 Å². The molecule has 1 aliphatic rings. The highest BCUT2D eigenvalue weighted by Crippen LogP contribution is 2.30. The third kappa shape index (κ3) is 2.78. The van der Waals surface area contributed by atoms with Crippen LogP contribution in [-0.4, -0.2) is 31.8 Å². The summed E-state index contributed by atoms with van der Waals surface area (Å²) in [5, 5.41) is 5.33. The van der Waals surface area contributed by atoms with Crippen molar-refractivity contribution in [2.24, 2.45) is 12.8 Å². The van der Waals surface area contributed by atoms with Gasteiger partial charge in [-0.25, -0.2) is 9.67 Å². The third-order valence-electron chi connectivity index (χ3n) is 4.59. The van der Waals surface area contributed by atoms with Crippen LogP contribution >= 0.6 is 0 Å². The van der Waals surface area contributed by atoms with Crippen LogP contribution in [0.1, 0.15) is 30.6 Å². The molecule has 4 rings (SSSR count). The van der Waals surface area contributed by atoms with Crippen molar-refractivity contribution in [3.63, 3.8) is 0 Å². The molecule has 134 valence electrons. The topological polar surface area (TPSA) is 105 Å². The first-order valence-electron chi connectivity index (χ1n) is 8.49. The first kappa shape index (κ1) is 16.5. The number of rotatable bonds is 4. The molecule has 0 radical (unpaired) electrons. The lowest BCUT2D eigenvalue weighted by molar-refractivity contribution is -0.117. The van der Waals surface area contributed by atoms with Crippen molar-refractivity contribution in [3.05, 3.63) is 52.3 Å². The normalized spacial score (nSPS) is 17.0. The second kappa shape index (κ2) is 6.38. The number of amides is 1. The Bertz CT molecular complexity index is 1050. The minimum absolute atomic E-state index is 0.0600. The number of aromatic nitrogens is 4. The number of nitrogens with two attached hydrogens (primary N) is 1. The molecule has 26 heavy (non-hydrogen) atoms. The van der Waals surface area contributed by atoms with E-state index in [0.29, 0.717) is 23.9 Å². The first-order chi connectivity index (χ1) is 12.5. The van der Waals surface area contributed by atoms with E-state index in [9.17, 15) is 9.59 Å². The zero-order valence-electron chi connectivity index (χ0n) is 14.4. The smallest absolute Gasteiger partial charge is 0.252 e. The summed E-state index contributed by atoms with van der Waals surface area (Å²) in [6, 6.07) is 9.13. The number of aryl methyl sites for hydroxylation is 1. The van der Waals surface area contributed by atoms with Crippen LogP contribution in [0, 0.1) is 0 Å². The number of para-hydroxylation sites is 1. The van der Waals surface area contributed by atoms with Gasteiger partial charge in [-0.2, -0.15) is 5.10 Å². The first-order valence-corrected chi connectivity index (χ1v) is 8.49. The molecule has 3 aromatic rings. The third-order valence-corrected chi connectivity index (χ3v) is 4.59. The highest BCUT2D eigenvalue weighted by atomic mass is 16.5. The van der Waals surface area contributed by atoms with Gasteiger partial charge in [0, 0.05) is 25.1 Å². The molecule has 1 saturated heterocycles. The molecule has 0 saturated carbocycles. The molecule has 1 aromatic carbocycles. The predicted octanol–water partition coefficient (Wildman–Crippen LogP) is 0.998. The Labute approximate surface area is 149 Å². The predicted molar refractivity (Wildman–Crippen MR) is 94.9 cm³/mol. The maximum atomic E-state index is 12.4. The molecule has 0 spiro atoms. The summed E-state index contributed by atoms with van der Waals surface area (Å²) in [7, 11) is 1.73. The van der Waals surface area contributed by atoms with E-state index in [1.165, 1.54) is 6.07 Å². The number of primary amides is 1. The van der Waals surface area contributed by atoms with Crippen LogP contribution < -0.4 is 11.3 Å². The lowest BCUT2D eigenvalue weighted by atomic mass is 10.1. The maximum Gasteiger partial charge on any atom is 0.252 e. The van der Waals surface area contributed by atoms with Gasteiger partial charge < -0.3 is 15.0 Å².